The first kappa shape index (κ1) is 25.1. The average Bonchev–Trinajstić information content (AvgIpc) is 3.14. The highest BCUT2D eigenvalue weighted by Crippen LogP contribution is 2.42. The van der Waals surface area contributed by atoms with Gasteiger partial charge in [0.25, 0.3) is 0 Å². The minimum atomic E-state index is -0.521. The molecular weight excluding hydrogens is 471 g/mol. The molecule has 2 aliphatic rings. The first-order valence-electron chi connectivity index (χ1n) is 12.8. The number of phenols is 1. The summed E-state index contributed by atoms with van der Waals surface area (Å²) in [6, 6.07) is 21.4. The van der Waals surface area contributed by atoms with Crippen molar-refractivity contribution >= 4 is 11.8 Å². The number of carbonyl (C=O) groups excluding carboxylic acids is 1. The molecule has 1 aliphatic carbocycles. The van der Waals surface area contributed by atoms with E-state index in [0.717, 1.165) is 32.5 Å². The van der Waals surface area contributed by atoms with Crippen LogP contribution in [0.25, 0.3) is 0 Å². The van der Waals surface area contributed by atoms with Crippen LogP contribution >= 0.6 is 0 Å². The molecule has 2 bridgehead atoms. The zero-order valence-electron chi connectivity index (χ0n) is 21.1. The number of piperidine rings is 1. The topological polar surface area (TPSA) is 62.2 Å². The quantitative estimate of drug-likeness (QED) is 0.418. The maximum atomic E-state index is 14.0. The number of rotatable bonds is 8. The lowest BCUT2D eigenvalue weighted by molar-refractivity contribution is 0.0506. The molecule has 37 heavy (non-hydrogen) atoms. The normalized spacial score (nSPS) is 21.0. The third kappa shape index (κ3) is 5.88. The molecule has 1 saturated carbocycles. The number of phenolic OH excluding ortho intramolecular Hbond substituents is 1. The Morgan fingerprint density at radius 3 is 2.43 bits per heavy atom. The van der Waals surface area contributed by atoms with Gasteiger partial charge in [-0.25, -0.2) is 9.18 Å². The highest BCUT2D eigenvalue weighted by Gasteiger charge is 2.42. The van der Waals surface area contributed by atoms with E-state index in [1.165, 1.54) is 29.7 Å². The standard InChI is InChI=1S/C30H33FN2O4/c1-36-29-13-10-22(14-28(29)34)17-33(26-9-5-8-25(31)15-26)30(35)37-20-27-23-11-12-24(27)19-32(18-23)16-21-6-3-2-4-7-21/h2-10,13-15,23-24,27,34H,11-12,16-20H2,1H3. The summed E-state index contributed by atoms with van der Waals surface area (Å²) in [4.78, 5) is 17.3. The molecule has 2 fully saturated rings. The van der Waals surface area contributed by atoms with Crippen molar-refractivity contribution in [2.75, 3.05) is 31.7 Å². The van der Waals surface area contributed by atoms with Crippen LogP contribution in [0.1, 0.15) is 24.0 Å². The van der Waals surface area contributed by atoms with Gasteiger partial charge >= 0.3 is 6.09 Å². The monoisotopic (exact) mass is 504 g/mol. The number of hydrogen-bond donors (Lipinski definition) is 1. The van der Waals surface area contributed by atoms with Crippen molar-refractivity contribution in [3.63, 3.8) is 0 Å². The number of hydrogen-bond acceptors (Lipinski definition) is 5. The predicted octanol–water partition coefficient (Wildman–Crippen LogP) is 5.84. The minimum absolute atomic E-state index is 0.0219. The highest BCUT2D eigenvalue weighted by atomic mass is 19.1. The molecule has 1 aliphatic heterocycles. The van der Waals surface area contributed by atoms with Gasteiger partial charge in [0.15, 0.2) is 11.5 Å². The molecule has 0 aromatic heterocycles. The number of methoxy groups -OCH3 is 1. The largest absolute Gasteiger partial charge is 0.504 e. The maximum absolute atomic E-state index is 14.0. The van der Waals surface area contributed by atoms with E-state index in [4.69, 9.17) is 9.47 Å². The zero-order valence-corrected chi connectivity index (χ0v) is 21.1. The van der Waals surface area contributed by atoms with Crippen LogP contribution < -0.4 is 9.64 Å². The van der Waals surface area contributed by atoms with Gasteiger partial charge < -0.3 is 14.6 Å². The molecule has 2 unspecified atom stereocenters. The fourth-order valence-corrected chi connectivity index (χ4v) is 5.84. The number of anilines is 1. The maximum Gasteiger partial charge on any atom is 0.414 e. The van der Waals surface area contributed by atoms with Gasteiger partial charge in [-0.15, -0.1) is 0 Å². The van der Waals surface area contributed by atoms with Crippen LogP contribution in [0.3, 0.4) is 0 Å². The summed E-state index contributed by atoms with van der Waals surface area (Å²) in [7, 11) is 1.48. The van der Waals surface area contributed by atoms with Gasteiger partial charge in [-0.3, -0.25) is 9.80 Å². The molecule has 7 heteroatoms. The first-order chi connectivity index (χ1) is 18.0. The van der Waals surface area contributed by atoms with Crippen molar-refractivity contribution in [1.29, 1.82) is 0 Å². The third-order valence-electron chi connectivity index (χ3n) is 7.68. The molecular formula is C30H33FN2O4. The van der Waals surface area contributed by atoms with Gasteiger partial charge in [0, 0.05) is 25.6 Å². The lowest BCUT2D eigenvalue weighted by Crippen LogP contribution is -2.44. The van der Waals surface area contributed by atoms with E-state index < -0.39 is 11.9 Å². The van der Waals surface area contributed by atoms with Crippen molar-refractivity contribution in [3.05, 3.63) is 89.7 Å². The number of nitrogens with zero attached hydrogens (tertiary/aromatic N) is 2. The lowest BCUT2D eigenvalue weighted by atomic mass is 9.85. The van der Waals surface area contributed by atoms with Crippen molar-refractivity contribution in [2.24, 2.45) is 17.8 Å². The number of aromatic hydroxyl groups is 1. The van der Waals surface area contributed by atoms with Gasteiger partial charge in [-0.2, -0.15) is 0 Å². The molecule has 194 valence electrons. The molecule has 6 nitrogen and oxygen atoms in total. The Bertz CT molecular complexity index is 1210. The molecule has 1 heterocycles. The van der Waals surface area contributed by atoms with Gasteiger partial charge in [0.1, 0.15) is 5.82 Å². The van der Waals surface area contributed by atoms with E-state index in [2.05, 4.69) is 29.2 Å². The number of fused-ring (bicyclic) bond motifs is 2. The van der Waals surface area contributed by atoms with Crippen LogP contribution in [0.2, 0.25) is 0 Å². The fraction of sp³-hybridized carbons (Fsp3) is 0.367. The smallest absolute Gasteiger partial charge is 0.414 e. The van der Waals surface area contributed by atoms with Crippen LogP contribution in [-0.2, 0) is 17.8 Å². The molecule has 5 rings (SSSR count). The van der Waals surface area contributed by atoms with Crippen LogP contribution in [0.5, 0.6) is 11.5 Å². The number of halogens is 1. The summed E-state index contributed by atoms with van der Waals surface area (Å²) >= 11 is 0. The Balaban J connectivity index is 1.25. The van der Waals surface area contributed by atoms with E-state index in [-0.39, 0.29) is 12.3 Å². The van der Waals surface area contributed by atoms with E-state index in [0.29, 0.717) is 41.4 Å². The second-order valence-electron chi connectivity index (χ2n) is 10.1. The number of benzene rings is 3. The van der Waals surface area contributed by atoms with E-state index >= 15 is 0 Å². The van der Waals surface area contributed by atoms with Crippen LogP contribution in [-0.4, -0.2) is 42.9 Å². The summed E-state index contributed by atoms with van der Waals surface area (Å²) in [6.45, 7) is 3.44. The average molecular weight is 505 g/mol. The molecule has 3 aromatic rings. The lowest BCUT2D eigenvalue weighted by Gasteiger charge is -2.38. The van der Waals surface area contributed by atoms with Gasteiger partial charge in [-0.05, 0) is 66.1 Å². The number of likely N-dealkylation sites (tertiary alicyclic amines) is 1. The molecule has 2 atom stereocenters. The summed E-state index contributed by atoms with van der Waals surface area (Å²) in [6.07, 6.45) is 1.78. The zero-order chi connectivity index (χ0) is 25.8. The number of ether oxygens (including phenoxy) is 2. The number of carbonyl (C=O) groups is 1. The Hall–Kier alpha value is -3.58. The summed E-state index contributed by atoms with van der Waals surface area (Å²) in [5.74, 6) is 1.21. The summed E-state index contributed by atoms with van der Waals surface area (Å²) in [5, 5.41) is 10.2. The Kier molecular flexibility index (Phi) is 7.60. The van der Waals surface area contributed by atoms with Gasteiger partial charge in [0.2, 0.25) is 0 Å². The molecule has 1 amide bonds. The van der Waals surface area contributed by atoms with E-state index in [1.807, 2.05) is 6.07 Å². The summed E-state index contributed by atoms with van der Waals surface area (Å²) in [5.41, 5.74) is 2.40. The van der Waals surface area contributed by atoms with Crippen LogP contribution in [0, 0.1) is 23.6 Å². The first-order valence-corrected chi connectivity index (χ1v) is 12.8. The highest BCUT2D eigenvalue weighted by molar-refractivity contribution is 5.87. The Morgan fingerprint density at radius 2 is 1.76 bits per heavy atom. The SMILES string of the molecule is COc1ccc(CN(C(=O)OCC2C3CCC2CN(Cc2ccccc2)C3)c2cccc(F)c2)cc1O. The van der Waals surface area contributed by atoms with Crippen molar-refractivity contribution in [3.8, 4) is 11.5 Å². The molecule has 1 saturated heterocycles. The van der Waals surface area contributed by atoms with E-state index in [1.54, 1.807) is 30.3 Å². The van der Waals surface area contributed by atoms with Crippen LogP contribution in [0.4, 0.5) is 14.9 Å². The third-order valence-corrected chi connectivity index (χ3v) is 7.68. The van der Waals surface area contributed by atoms with E-state index in [9.17, 15) is 14.3 Å². The van der Waals surface area contributed by atoms with Gasteiger partial charge in [-0.1, -0.05) is 42.5 Å². The van der Waals surface area contributed by atoms with Crippen molar-refractivity contribution in [2.45, 2.75) is 25.9 Å². The fourth-order valence-electron chi connectivity index (χ4n) is 5.84. The molecule has 3 aromatic carbocycles. The van der Waals surface area contributed by atoms with Crippen molar-refractivity contribution < 1.29 is 23.8 Å². The Labute approximate surface area is 217 Å². The Morgan fingerprint density at radius 1 is 1.00 bits per heavy atom. The van der Waals surface area contributed by atoms with Crippen molar-refractivity contribution in [1.82, 2.24) is 4.90 Å². The predicted molar refractivity (Wildman–Crippen MR) is 140 cm³/mol. The van der Waals surface area contributed by atoms with Gasteiger partial charge in [0.05, 0.1) is 25.9 Å². The molecule has 0 spiro atoms. The van der Waals surface area contributed by atoms with Crippen LogP contribution in [0.15, 0.2) is 72.8 Å². The second kappa shape index (κ2) is 11.2. The second-order valence-corrected chi connectivity index (χ2v) is 10.1. The number of amides is 1. The summed E-state index contributed by atoms with van der Waals surface area (Å²) < 4.78 is 25.0. The molecule has 1 N–H and O–H groups in total. The molecule has 0 radical (unpaired) electrons. The minimum Gasteiger partial charge on any atom is -0.504 e.